The number of benzene rings is 2. The highest BCUT2D eigenvalue weighted by Crippen LogP contribution is 2.36. The number of ether oxygens (including phenoxy) is 2. The summed E-state index contributed by atoms with van der Waals surface area (Å²) < 4.78 is 11.1. The van der Waals surface area contributed by atoms with Crippen LogP contribution in [0, 0.1) is 10.1 Å². The Bertz CT molecular complexity index is 909. The summed E-state index contributed by atoms with van der Waals surface area (Å²) in [4.78, 5) is 14.6. The summed E-state index contributed by atoms with van der Waals surface area (Å²) >= 11 is 6.16. The Hall–Kier alpha value is -2.86. The molecule has 122 valence electrons. The van der Waals surface area contributed by atoms with Gasteiger partial charge >= 0.3 is 0 Å². The highest BCUT2D eigenvalue weighted by molar-refractivity contribution is 6.33. The lowest BCUT2D eigenvalue weighted by Crippen LogP contribution is -2.02. The first kappa shape index (κ1) is 16.0. The zero-order chi connectivity index (χ0) is 17.1. The molecular weight excluding hydrogens is 332 g/mol. The number of aromatic nitrogens is 1. The maximum absolute atomic E-state index is 11.1. The summed E-state index contributed by atoms with van der Waals surface area (Å²) in [6, 6.07) is 10.3. The van der Waals surface area contributed by atoms with Crippen LogP contribution in [0.1, 0.15) is 5.56 Å². The Labute approximate surface area is 142 Å². The zero-order valence-corrected chi connectivity index (χ0v) is 13.5. The number of hydrogen-bond acceptors (Lipinski definition) is 5. The summed E-state index contributed by atoms with van der Waals surface area (Å²) in [5.41, 5.74) is 0.248. The van der Waals surface area contributed by atoms with Crippen molar-refractivity contribution in [3.8, 4) is 11.5 Å². The fourth-order valence-electron chi connectivity index (χ4n) is 2.43. The normalized spacial score (nSPS) is 10.6. The second-order valence-corrected chi connectivity index (χ2v) is 5.36. The van der Waals surface area contributed by atoms with E-state index in [0.717, 1.165) is 10.8 Å². The van der Waals surface area contributed by atoms with Gasteiger partial charge in [0, 0.05) is 29.2 Å². The first-order valence-corrected chi connectivity index (χ1v) is 7.45. The van der Waals surface area contributed by atoms with Crippen LogP contribution < -0.4 is 9.47 Å². The maximum Gasteiger partial charge on any atom is 0.288 e. The van der Waals surface area contributed by atoms with E-state index >= 15 is 0 Å². The molecule has 2 aromatic carbocycles. The van der Waals surface area contributed by atoms with Crippen LogP contribution in [-0.4, -0.2) is 17.0 Å². The molecule has 0 unspecified atom stereocenters. The quantitative estimate of drug-likeness (QED) is 0.507. The number of halogens is 1. The van der Waals surface area contributed by atoms with E-state index in [9.17, 15) is 10.1 Å². The van der Waals surface area contributed by atoms with Gasteiger partial charge in [-0.3, -0.25) is 15.1 Å². The van der Waals surface area contributed by atoms with Crippen molar-refractivity contribution in [1.82, 2.24) is 4.98 Å². The zero-order valence-electron chi connectivity index (χ0n) is 12.7. The van der Waals surface area contributed by atoms with E-state index in [-0.39, 0.29) is 17.3 Å². The van der Waals surface area contributed by atoms with Crippen molar-refractivity contribution in [2.45, 2.75) is 6.61 Å². The number of nitro benzene ring substituents is 1. The fraction of sp³-hybridized carbons (Fsp3) is 0.118. The molecule has 0 atom stereocenters. The van der Waals surface area contributed by atoms with Crippen molar-refractivity contribution >= 4 is 28.1 Å². The average Bonchev–Trinajstić information content (AvgIpc) is 2.60. The van der Waals surface area contributed by atoms with E-state index in [0.29, 0.717) is 17.1 Å². The minimum atomic E-state index is -0.533. The van der Waals surface area contributed by atoms with E-state index in [1.165, 1.54) is 19.2 Å². The molecule has 0 aliphatic heterocycles. The van der Waals surface area contributed by atoms with Crippen LogP contribution >= 0.6 is 11.6 Å². The number of methoxy groups -OCH3 is 1. The number of fused-ring (bicyclic) bond motifs is 1. The summed E-state index contributed by atoms with van der Waals surface area (Å²) in [6.45, 7) is 0.0467. The van der Waals surface area contributed by atoms with Crippen LogP contribution in [0.2, 0.25) is 5.02 Å². The first-order valence-electron chi connectivity index (χ1n) is 7.07. The minimum Gasteiger partial charge on any atom is -0.496 e. The lowest BCUT2D eigenvalue weighted by Gasteiger charge is -2.13. The monoisotopic (exact) mass is 344 g/mol. The van der Waals surface area contributed by atoms with Crippen LogP contribution in [0.15, 0.2) is 48.8 Å². The second kappa shape index (κ2) is 6.72. The van der Waals surface area contributed by atoms with Crippen molar-refractivity contribution < 1.29 is 14.4 Å². The molecule has 0 fully saturated rings. The Morgan fingerprint density at radius 1 is 1.21 bits per heavy atom. The standard InChI is InChI=1S/C17H13ClN2O4/c1-23-15-6-5-14(20(21)22)17(18)13(15)10-24-16-4-2-3-11-9-19-8-7-12(11)16/h2-9H,10H2,1H3. The van der Waals surface area contributed by atoms with Gasteiger partial charge in [-0.15, -0.1) is 0 Å². The van der Waals surface area contributed by atoms with Gasteiger partial charge in [0.25, 0.3) is 5.69 Å². The first-order chi connectivity index (χ1) is 11.6. The van der Waals surface area contributed by atoms with Gasteiger partial charge in [-0.25, -0.2) is 0 Å². The Morgan fingerprint density at radius 2 is 2.04 bits per heavy atom. The van der Waals surface area contributed by atoms with Crippen LogP contribution in [0.4, 0.5) is 5.69 Å². The molecule has 0 saturated carbocycles. The highest BCUT2D eigenvalue weighted by Gasteiger charge is 2.20. The van der Waals surface area contributed by atoms with Gasteiger partial charge in [0.2, 0.25) is 0 Å². The van der Waals surface area contributed by atoms with Gasteiger partial charge in [-0.2, -0.15) is 0 Å². The predicted octanol–water partition coefficient (Wildman–Crippen LogP) is 4.38. The number of nitrogens with zero attached hydrogens (tertiary/aromatic N) is 2. The van der Waals surface area contributed by atoms with Gasteiger partial charge in [-0.05, 0) is 18.2 Å². The van der Waals surface area contributed by atoms with Crippen molar-refractivity contribution in [3.63, 3.8) is 0 Å². The van der Waals surface area contributed by atoms with Crippen LogP contribution in [0.5, 0.6) is 11.5 Å². The number of pyridine rings is 1. The van der Waals surface area contributed by atoms with E-state index in [1.54, 1.807) is 12.4 Å². The summed E-state index contributed by atoms with van der Waals surface area (Å²) in [7, 11) is 1.48. The molecule has 0 radical (unpaired) electrons. The van der Waals surface area contributed by atoms with Gasteiger partial charge in [0.1, 0.15) is 23.1 Å². The van der Waals surface area contributed by atoms with Crippen molar-refractivity contribution in [1.29, 1.82) is 0 Å². The number of hydrogen-bond donors (Lipinski definition) is 0. The smallest absolute Gasteiger partial charge is 0.288 e. The molecule has 0 spiro atoms. The van der Waals surface area contributed by atoms with Gasteiger partial charge in [0.05, 0.1) is 17.6 Å². The van der Waals surface area contributed by atoms with Gasteiger partial charge in [0.15, 0.2) is 0 Å². The molecule has 0 amide bonds. The lowest BCUT2D eigenvalue weighted by atomic mass is 10.1. The van der Waals surface area contributed by atoms with E-state index in [4.69, 9.17) is 21.1 Å². The Morgan fingerprint density at radius 3 is 2.79 bits per heavy atom. The van der Waals surface area contributed by atoms with E-state index in [1.807, 2.05) is 24.3 Å². The molecule has 6 nitrogen and oxygen atoms in total. The SMILES string of the molecule is COc1ccc([N+](=O)[O-])c(Cl)c1COc1cccc2cnccc12. The predicted molar refractivity (Wildman–Crippen MR) is 90.7 cm³/mol. The lowest BCUT2D eigenvalue weighted by molar-refractivity contribution is -0.384. The van der Waals surface area contributed by atoms with Crippen molar-refractivity contribution in [2.75, 3.05) is 7.11 Å². The minimum absolute atomic E-state index is 0.0150. The summed E-state index contributed by atoms with van der Waals surface area (Å²) in [6.07, 6.45) is 3.42. The molecule has 3 aromatic rings. The molecule has 1 heterocycles. The molecule has 0 aliphatic rings. The largest absolute Gasteiger partial charge is 0.496 e. The molecule has 24 heavy (non-hydrogen) atoms. The maximum atomic E-state index is 11.1. The van der Waals surface area contributed by atoms with E-state index in [2.05, 4.69) is 4.98 Å². The van der Waals surface area contributed by atoms with E-state index < -0.39 is 4.92 Å². The molecule has 0 N–H and O–H groups in total. The fourth-order valence-corrected chi connectivity index (χ4v) is 2.71. The average molecular weight is 345 g/mol. The second-order valence-electron chi connectivity index (χ2n) is 4.98. The number of nitro groups is 1. The molecule has 3 rings (SSSR count). The summed E-state index contributed by atoms with van der Waals surface area (Å²) in [5.74, 6) is 1.08. The molecule has 0 saturated heterocycles. The van der Waals surface area contributed by atoms with Gasteiger partial charge < -0.3 is 9.47 Å². The Balaban J connectivity index is 1.96. The third kappa shape index (κ3) is 2.96. The molecular formula is C17H13ClN2O4. The number of rotatable bonds is 5. The van der Waals surface area contributed by atoms with Crippen molar-refractivity contribution in [3.05, 3.63) is 69.5 Å². The third-order valence-electron chi connectivity index (χ3n) is 3.61. The third-order valence-corrected chi connectivity index (χ3v) is 4.03. The molecule has 1 aromatic heterocycles. The topological polar surface area (TPSA) is 74.5 Å². The Kier molecular flexibility index (Phi) is 4.48. The summed E-state index contributed by atoms with van der Waals surface area (Å²) in [5, 5.41) is 12.9. The molecule has 0 aliphatic carbocycles. The highest BCUT2D eigenvalue weighted by atomic mass is 35.5. The van der Waals surface area contributed by atoms with Crippen LogP contribution in [0.25, 0.3) is 10.8 Å². The molecule has 0 bridgehead atoms. The van der Waals surface area contributed by atoms with Gasteiger partial charge in [-0.1, -0.05) is 23.7 Å². The molecule has 7 heteroatoms. The van der Waals surface area contributed by atoms with Crippen LogP contribution in [0.3, 0.4) is 0 Å². The van der Waals surface area contributed by atoms with Crippen LogP contribution in [-0.2, 0) is 6.61 Å². The van der Waals surface area contributed by atoms with Crippen molar-refractivity contribution in [2.24, 2.45) is 0 Å².